The number of rotatable bonds is 11. The Labute approximate surface area is 239 Å². The summed E-state index contributed by atoms with van der Waals surface area (Å²) in [4.78, 5) is 26.1. The van der Waals surface area contributed by atoms with E-state index in [-0.39, 0.29) is 10.8 Å². The monoisotopic (exact) mass is 573 g/mol. The first kappa shape index (κ1) is 29.2. The van der Waals surface area contributed by atoms with Crippen molar-refractivity contribution in [3.63, 3.8) is 0 Å². The van der Waals surface area contributed by atoms with Crippen molar-refractivity contribution in [3.05, 3.63) is 114 Å². The van der Waals surface area contributed by atoms with Crippen molar-refractivity contribution in [2.24, 2.45) is 0 Å². The summed E-state index contributed by atoms with van der Waals surface area (Å²) in [5.74, 6) is 0.478. The van der Waals surface area contributed by atoms with Crippen LogP contribution in [0.1, 0.15) is 26.3 Å². The Morgan fingerprint density at radius 2 is 1.44 bits per heavy atom. The van der Waals surface area contributed by atoms with Crippen molar-refractivity contribution in [3.8, 4) is 11.5 Å². The SMILES string of the molecule is COc1ccc(CCNC(=O)c2ccccc2NC(=O)c2ccc(N(C)S(=O)(=O)c3ccccc3)cc2)cc1OC. The molecule has 10 heteroatoms. The number of methoxy groups -OCH3 is 2. The molecule has 0 spiro atoms. The molecule has 0 saturated heterocycles. The molecule has 4 aromatic rings. The Kier molecular flexibility index (Phi) is 9.26. The Morgan fingerprint density at radius 1 is 0.780 bits per heavy atom. The number of sulfonamides is 1. The Hall–Kier alpha value is -4.83. The van der Waals surface area contributed by atoms with Crippen LogP contribution in [0.25, 0.3) is 0 Å². The number of hydrogen-bond acceptors (Lipinski definition) is 6. The van der Waals surface area contributed by atoms with E-state index in [0.29, 0.717) is 47.0 Å². The van der Waals surface area contributed by atoms with Gasteiger partial charge < -0.3 is 20.1 Å². The molecule has 2 N–H and O–H groups in total. The number of ether oxygens (including phenoxy) is 2. The summed E-state index contributed by atoms with van der Waals surface area (Å²) in [5.41, 5.74) is 2.35. The lowest BCUT2D eigenvalue weighted by Gasteiger charge is -2.19. The molecule has 2 amide bonds. The molecule has 0 radical (unpaired) electrons. The molecule has 4 aromatic carbocycles. The smallest absolute Gasteiger partial charge is 0.264 e. The van der Waals surface area contributed by atoms with Crippen LogP contribution in [0.15, 0.2) is 102 Å². The van der Waals surface area contributed by atoms with Crippen LogP contribution in [-0.4, -0.2) is 48.0 Å². The fraction of sp³-hybridized carbons (Fsp3) is 0.161. The van der Waals surface area contributed by atoms with Crippen LogP contribution < -0.4 is 24.4 Å². The van der Waals surface area contributed by atoms with Gasteiger partial charge in [-0.3, -0.25) is 13.9 Å². The molecule has 0 heterocycles. The number of benzene rings is 4. The van der Waals surface area contributed by atoms with E-state index < -0.39 is 15.9 Å². The number of nitrogens with one attached hydrogen (secondary N) is 2. The van der Waals surface area contributed by atoms with Crippen molar-refractivity contribution in [2.45, 2.75) is 11.3 Å². The molecule has 0 aliphatic rings. The van der Waals surface area contributed by atoms with E-state index in [2.05, 4.69) is 10.6 Å². The van der Waals surface area contributed by atoms with Crippen LogP contribution in [0.3, 0.4) is 0 Å². The molecule has 0 aliphatic heterocycles. The number of hydrogen-bond donors (Lipinski definition) is 2. The molecular formula is C31H31N3O6S. The van der Waals surface area contributed by atoms with Crippen molar-refractivity contribution < 1.29 is 27.5 Å². The lowest BCUT2D eigenvalue weighted by molar-refractivity contribution is 0.0955. The van der Waals surface area contributed by atoms with Gasteiger partial charge in [-0.25, -0.2) is 8.42 Å². The van der Waals surface area contributed by atoms with Crippen LogP contribution >= 0.6 is 0 Å². The topological polar surface area (TPSA) is 114 Å². The van der Waals surface area contributed by atoms with Gasteiger partial charge in [0.25, 0.3) is 21.8 Å². The van der Waals surface area contributed by atoms with E-state index in [1.807, 2.05) is 18.2 Å². The van der Waals surface area contributed by atoms with Gasteiger partial charge in [0.05, 0.1) is 36.1 Å². The summed E-state index contributed by atoms with van der Waals surface area (Å²) in [7, 11) is 0.849. The molecule has 4 rings (SSSR count). The van der Waals surface area contributed by atoms with Crippen LogP contribution in [0.5, 0.6) is 11.5 Å². The zero-order valence-corrected chi connectivity index (χ0v) is 23.8. The molecule has 41 heavy (non-hydrogen) atoms. The van der Waals surface area contributed by atoms with Crippen molar-refractivity contribution >= 4 is 33.2 Å². The summed E-state index contributed by atoms with van der Waals surface area (Å²) in [6, 6.07) is 26.6. The maximum atomic E-state index is 13.0. The zero-order chi connectivity index (χ0) is 29.4. The van der Waals surface area contributed by atoms with Crippen LogP contribution in [-0.2, 0) is 16.4 Å². The average Bonchev–Trinajstić information content (AvgIpc) is 3.01. The molecular weight excluding hydrogens is 542 g/mol. The van der Waals surface area contributed by atoms with E-state index in [1.165, 1.54) is 31.3 Å². The second kappa shape index (κ2) is 13.0. The summed E-state index contributed by atoms with van der Waals surface area (Å²) in [5, 5.41) is 5.68. The molecule has 0 aromatic heterocycles. The Bertz CT molecular complexity index is 1620. The van der Waals surface area contributed by atoms with Gasteiger partial charge in [-0.15, -0.1) is 0 Å². The second-order valence-corrected chi connectivity index (χ2v) is 11.0. The van der Waals surface area contributed by atoms with Gasteiger partial charge in [-0.1, -0.05) is 36.4 Å². The highest BCUT2D eigenvalue weighted by Crippen LogP contribution is 2.28. The third kappa shape index (κ3) is 6.85. The first-order chi connectivity index (χ1) is 19.7. The highest BCUT2D eigenvalue weighted by molar-refractivity contribution is 7.92. The molecule has 212 valence electrons. The van der Waals surface area contributed by atoms with Gasteiger partial charge in [-0.05, 0) is 72.6 Å². The standard InChI is InChI=1S/C31H31N3O6S/c1-34(41(37,38)25-9-5-4-6-10-25)24-16-14-23(15-17-24)30(35)33-27-12-8-7-11-26(27)31(36)32-20-19-22-13-18-28(39-2)29(21-22)40-3/h4-18,21H,19-20H2,1-3H3,(H,32,36)(H,33,35). The van der Waals surface area contributed by atoms with E-state index in [4.69, 9.17) is 9.47 Å². The number of anilines is 2. The highest BCUT2D eigenvalue weighted by atomic mass is 32.2. The highest BCUT2D eigenvalue weighted by Gasteiger charge is 2.21. The third-order valence-electron chi connectivity index (χ3n) is 6.46. The number of carbonyl (C=O) groups is 2. The minimum atomic E-state index is -3.74. The van der Waals surface area contributed by atoms with Gasteiger partial charge >= 0.3 is 0 Å². The predicted molar refractivity (Wildman–Crippen MR) is 158 cm³/mol. The van der Waals surface area contributed by atoms with Crippen LogP contribution in [0.2, 0.25) is 0 Å². The molecule has 0 fully saturated rings. The minimum Gasteiger partial charge on any atom is -0.493 e. The molecule has 0 aliphatic carbocycles. The fourth-order valence-electron chi connectivity index (χ4n) is 4.15. The average molecular weight is 574 g/mol. The number of amides is 2. The maximum absolute atomic E-state index is 13.0. The molecule has 0 bridgehead atoms. The Balaban J connectivity index is 1.40. The van der Waals surface area contributed by atoms with Crippen molar-refractivity contribution in [1.82, 2.24) is 5.32 Å². The summed E-state index contributed by atoms with van der Waals surface area (Å²) in [6.45, 7) is 0.372. The summed E-state index contributed by atoms with van der Waals surface area (Å²) in [6.07, 6.45) is 0.571. The fourth-order valence-corrected chi connectivity index (χ4v) is 5.36. The summed E-state index contributed by atoms with van der Waals surface area (Å²) >= 11 is 0. The van der Waals surface area contributed by atoms with Gasteiger partial charge in [0.2, 0.25) is 0 Å². The lowest BCUT2D eigenvalue weighted by atomic mass is 10.1. The number of carbonyl (C=O) groups excluding carboxylic acids is 2. The summed E-state index contributed by atoms with van der Waals surface area (Å²) < 4.78 is 37.6. The van der Waals surface area contributed by atoms with E-state index in [1.54, 1.807) is 68.8 Å². The van der Waals surface area contributed by atoms with Crippen molar-refractivity contribution in [2.75, 3.05) is 37.4 Å². The van der Waals surface area contributed by atoms with Crippen LogP contribution in [0.4, 0.5) is 11.4 Å². The third-order valence-corrected chi connectivity index (χ3v) is 8.26. The van der Waals surface area contributed by atoms with Crippen LogP contribution in [0, 0.1) is 0 Å². The van der Waals surface area contributed by atoms with E-state index >= 15 is 0 Å². The maximum Gasteiger partial charge on any atom is 0.264 e. The second-order valence-electron chi connectivity index (χ2n) is 9.03. The minimum absolute atomic E-state index is 0.169. The van der Waals surface area contributed by atoms with E-state index in [9.17, 15) is 18.0 Å². The largest absolute Gasteiger partial charge is 0.493 e. The first-order valence-electron chi connectivity index (χ1n) is 12.8. The van der Waals surface area contributed by atoms with E-state index in [0.717, 1.165) is 9.87 Å². The first-order valence-corrected chi connectivity index (χ1v) is 14.2. The zero-order valence-electron chi connectivity index (χ0n) is 23.0. The quantitative estimate of drug-likeness (QED) is 0.268. The predicted octanol–water partition coefficient (Wildman–Crippen LogP) is 4.75. The molecule has 0 unspecified atom stereocenters. The normalized spacial score (nSPS) is 10.9. The molecule has 0 atom stereocenters. The van der Waals surface area contributed by atoms with Gasteiger partial charge in [-0.2, -0.15) is 0 Å². The van der Waals surface area contributed by atoms with Crippen molar-refractivity contribution in [1.29, 1.82) is 0 Å². The van der Waals surface area contributed by atoms with Gasteiger partial charge in [0.1, 0.15) is 0 Å². The molecule has 0 saturated carbocycles. The number of nitrogens with zero attached hydrogens (tertiary/aromatic N) is 1. The number of para-hydroxylation sites is 1. The van der Waals surface area contributed by atoms with Gasteiger partial charge in [0.15, 0.2) is 11.5 Å². The van der Waals surface area contributed by atoms with Gasteiger partial charge in [0, 0.05) is 19.2 Å². The Morgan fingerprint density at radius 3 is 2.12 bits per heavy atom. The molecule has 9 nitrogen and oxygen atoms in total. The lowest BCUT2D eigenvalue weighted by Crippen LogP contribution is -2.27.